The van der Waals surface area contributed by atoms with Crippen LogP contribution in [0, 0.1) is 0 Å². The summed E-state index contributed by atoms with van der Waals surface area (Å²) in [5.74, 6) is -0.593. The van der Waals surface area contributed by atoms with Crippen molar-refractivity contribution in [3.8, 4) is 0 Å². The monoisotopic (exact) mass is 367 g/mol. The predicted octanol–water partition coefficient (Wildman–Crippen LogP) is 1.77. The van der Waals surface area contributed by atoms with Crippen LogP contribution in [-0.4, -0.2) is 25.7 Å². The van der Waals surface area contributed by atoms with E-state index in [0.29, 0.717) is 5.69 Å². The van der Waals surface area contributed by atoms with Crippen LogP contribution in [0.3, 0.4) is 0 Å². The van der Waals surface area contributed by atoms with Crippen molar-refractivity contribution < 1.29 is 4.79 Å². The van der Waals surface area contributed by atoms with Crippen molar-refractivity contribution in [3.05, 3.63) is 79.4 Å². The van der Waals surface area contributed by atoms with Gasteiger partial charge in [0.1, 0.15) is 5.56 Å². The lowest BCUT2D eigenvalue weighted by Gasteiger charge is -2.07. The van der Waals surface area contributed by atoms with E-state index in [4.69, 9.17) is 0 Å². The number of H-pyrrole nitrogens is 2. The van der Waals surface area contributed by atoms with Gasteiger partial charge < -0.3 is 10.3 Å². The number of thiophene rings is 1. The quantitative estimate of drug-likeness (QED) is 0.510. The van der Waals surface area contributed by atoms with E-state index in [1.165, 1.54) is 11.3 Å². The van der Waals surface area contributed by atoms with Crippen molar-refractivity contribution in [2.24, 2.45) is 0 Å². The number of nitrogens with zero attached hydrogens (tertiary/aromatic N) is 2. The van der Waals surface area contributed by atoms with Gasteiger partial charge in [-0.15, -0.1) is 11.3 Å². The summed E-state index contributed by atoms with van der Waals surface area (Å²) >= 11 is 1.43. The predicted molar refractivity (Wildman–Crippen MR) is 98.8 cm³/mol. The van der Waals surface area contributed by atoms with Gasteiger partial charge >= 0.3 is 5.69 Å². The topological polar surface area (TPSA) is 113 Å². The van der Waals surface area contributed by atoms with Crippen LogP contribution in [0.5, 0.6) is 0 Å². The number of amides is 1. The number of rotatable bonds is 4. The molecule has 0 saturated heterocycles. The normalized spacial score (nSPS) is 10.9. The van der Waals surface area contributed by atoms with Crippen molar-refractivity contribution in [2.75, 3.05) is 5.32 Å². The molecule has 0 aliphatic rings. The van der Waals surface area contributed by atoms with Crippen LogP contribution in [0.15, 0.2) is 57.7 Å². The smallest absolute Gasteiger partial charge is 0.322 e. The molecule has 0 saturated carbocycles. The van der Waals surface area contributed by atoms with E-state index in [1.54, 1.807) is 24.4 Å². The highest BCUT2D eigenvalue weighted by atomic mass is 32.1. The molecule has 130 valence electrons. The largest absolute Gasteiger partial charge is 0.328 e. The van der Waals surface area contributed by atoms with Crippen molar-refractivity contribution in [3.63, 3.8) is 0 Å². The summed E-state index contributed by atoms with van der Waals surface area (Å²) in [4.78, 5) is 40.4. The summed E-state index contributed by atoms with van der Waals surface area (Å²) < 4.78 is 1.01. The van der Waals surface area contributed by atoms with E-state index >= 15 is 0 Å². The Kier molecular flexibility index (Phi) is 3.98. The number of nitrogens with one attached hydrogen (secondary N) is 3. The van der Waals surface area contributed by atoms with E-state index < -0.39 is 17.2 Å². The fourth-order valence-electron chi connectivity index (χ4n) is 2.59. The van der Waals surface area contributed by atoms with Crippen LogP contribution in [0.25, 0.3) is 10.9 Å². The minimum absolute atomic E-state index is 0.118. The number of anilines is 1. The van der Waals surface area contributed by atoms with Gasteiger partial charge in [0.25, 0.3) is 11.5 Å². The molecule has 3 N–H and O–H groups in total. The molecule has 9 heteroatoms. The van der Waals surface area contributed by atoms with Gasteiger partial charge in [-0.2, -0.15) is 5.10 Å². The lowest BCUT2D eigenvalue weighted by molar-refractivity contribution is 0.102. The Hall–Kier alpha value is -3.46. The second-order valence-electron chi connectivity index (χ2n) is 5.60. The van der Waals surface area contributed by atoms with Gasteiger partial charge in [0, 0.05) is 22.1 Å². The number of aromatic amines is 2. The van der Waals surface area contributed by atoms with Crippen LogP contribution in [0.1, 0.15) is 15.2 Å². The first-order valence-corrected chi connectivity index (χ1v) is 8.59. The zero-order valence-electron chi connectivity index (χ0n) is 13.4. The molecule has 4 rings (SSSR count). The molecule has 0 aliphatic carbocycles. The molecular formula is C17H13N5O3S. The summed E-state index contributed by atoms with van der Waals surface area (Å²) in [5, 5.41) is 12.2. The lowest BCUT2D eigenvalue weighted by atomic mass is 10.2. The highest BCUT2D eigenvalue weighted by Crippen LogP contribution is 2.17. The number of carbonyl (C=O) groups is 1. The zero-order chi connectivity index (χ0) is 18.1. The highest BCUT2D eigenvalue weighted by Gasteiger charge is 2.15. The van der Waals surface area contributed by atoms with Gasteiger partial charge in [-0.25, -0.2) is 4.79 Å². The molecule has 0 unspecified atom stereocenters. The first kappa shape index (κ1) is 16.0. The average molecular weight is 367 g/mol. The number of aromatic nitrogens is 4. The summed E-state index contributed by atoms with van der Waals surface area (Å²) in [6.45, 7) is 0.118. The fourth-order valence-corrected chi connectivity index (χ4v) is 3.28. The van der Waals surface area contributed by atoms with E-state index in [-0.39, 0.29) is 12.1 Å². The number of hydrogen-bond donors (Lipinski definition) is 3. The second-order valence-corrected chi connectivity index (χ2v) is 6.64. The molecule has 0 bridgehead atoms. The Bertz CT molecular complexity index is 1200. The maximum absolute atomic E-state index is 12.6. The van der Waals surface area contributed by atoms with E-state index in [0.717, 1.165) is 26.5 Å². The molecule has 8 nitrogen and oxygen atoms in total. The third-order valence-corrected chi connectivity index (χ3v) is 4.76. The van der Waals surface area contributed by atoms with Crippen LogP contribution < -0.4 is 16.6 Å². The Morgan fingerprint density at radius 3 is 2.96 bits per heavy atom. The van der Waals surface area contributed by atoms with Gasteiger partial charge in [0.05, 0.1) is 18.3 Å². The maximum atomic E-state index is 12.6. The average Bonchev–Trinajstić information content (AvgIpc) is 3.29. The molecule has 0 spiro atoms. The van der Waals surface area contributed by atoms with E-state index in [2.05, 4.69) is 20.5 Å². The van der Waals surface area contributed by atoms with Crippen molar-refractivity contribution >= 4 is 33.8 Å². The lowest BCUT2D eigenvalue weighted by Crippen LogP contribution is -2.39. The first-order chi connectivity index (χ1) is 12.6. The van der Waals surface area contributed by atoms with Gasteiger partial charge in [-0.1, -0.05) is 6.07 Å². The second kappa shape index (κ2) is 6.45. The number of benzene rings is 1. The number of hydrogen-bond acceptors (Lipinski definition) is 5. The minimum atomic E-state index is -0.637. The molecular weight excluding hydrogens is 354 g/mol. The molecule has 3 aromatic heterocycles. The Morgan fingerprint density at radius 1 is 1.27 bits per heavy atom. The van der Waals surface area contributed by atoms with Gasteiger partial charge in [0.2, 0.25) is 0 Å². The zero-order valence-corrected chi connectivity index (χ0v) is 14.2. The maximum Gasteiger partial charge on any atom is 0.328 e. The Labute approximate surface area is 150 Å². The highest BCUT2D eigenvalue weighted by molar-refractivity contribution is 7.09. The first-order valence-electron chi connectivity index (χ1n) is 7.71. The van der Waals surface area contributed by atoms with Crippen LogP contribution in [0.4, 0.5) is 5.69 Å². The van der Waals surface area contributed by atoms with Gasteiger partial charge in [-0.05, 0) is 29.6 Å². The molecule has 1 aromatic carbocycles. The van der Waals surface area contributed by atoms with Crippen LogP contribution in [0.2, 0.25) is 0 Å². The van der Waals surface area contributed by atoms with Crippen molar-refractivity contribution in [1.29, 1.82) is 0 Å². The third kappa shape index (κ3) is 2.95. The minimum Gasteiger partial charge on any atom is -0.322 e. The molecule has 26 heavy (non-hydrogen) atoms. The molecule has 3 heterocycles. The third-order valence-electron chi connectivity index (χ3n) is 3.90. The van der Waals surface area contributed by atoms with Crippen molar-refractivity contribution in [1.82, 2.24) is 19.7 Å². The summed E-state index contributed by atoms with van der Waals surface area (Å²) in [5.41, 5.74) is -0.0477. The van der Waals surface area contributed by atoms with E-state index in [1.807, 2.05) is 17.5 Å². The molecule has 0 aliphatic heterocycles. The van der Waals surface area contributed by atoms with Crippen LogP contribution >= 0.6 is 11.3 Å². The molecule has 0 atom stereocenters. The Balaban J connectivity index is 1.65. The van der Waals surface area contributed by atoms with E-state index in [9.17, 15) is 14.4 Å². The Morgan fingerprint density at radius 2 is 2.15 bits per heavy atom. The van der Waals surface area contributed by atoms with Gasteiger partial charge in [0.15, 0.2) is 0 Å². The summed E-state index contributed by atoms with van der Waals surface area (Å²) in [7, 11) is 0. The summed E-state index contributed by atoms with van der Waals surface area (Å²) in [6.07, 6.45) is 2.81. The van der Waals surface area contributed by atoms with Crippen molar-refractivity contribution in [2.45, 2.75) is 6.54 Å². The van der Waals surface area contributed by atoms with Crippen LogP contribution in [-0.2, 0) is 6.54 Å². The fraction of sp³-hybridized carbons (Fsp3) is 0.0588. The standard InChI is InChI=1S/C17H13N5O3S/c23-15(20-11-4-3-10-7-19-21-14(10)6-11)13-8-18-17(25)22(16(13)24)9-12-2-1-5-26-12/h1-8H,9H2,(H,18,25)(H,19,21)(H,20,23). The SMILES string of the molecule is O=C(Nc1ccc2cn[nH]c2c1)c1c[nH]c(=O)n(Cc2cccs2)c1=O. The number of carbonyl (C=O) groups excluding carboxylic acids is 1. The summed E-state index contributed by atoms with van der Waals surface area (Å²) in [6, 6.07) is 8.89. The molecule has 0 fully saturated rings. The molecule has 0 radical (unpaired) electrons. The number of fused-ring (bicyclic) bond motifs is 1. The van der Waals surface area contributed by atoms with Gasteiger partial charge in [-0.3, -0.25) is 19.3 Å². The molecule has 4 aromatic rings. The molecule has 1 amide bonds.